The zero-order valence-corrected chi connectivity index (χ0v) is 14.6. The molecular formula is C20H24FN3O. The van der Waals surface area contributed by atoms with E-state index in [1.807, 2.05) is 26.0 Å². The quantitative estimate of drug-likeness (QED) is 0.901. The lowest BCUT2D eigenvalue weighted by atomic mass is 9.94. The maximum atomic E-state index is 14.1. The number of nitrogens with two attached hydrogens (primary N) is 2. The van der Waals surface area contributed by atoms with Crippen LogP contribution in [0.4, 0.5) is 4.39 Å². The zero-order valence-electron chi connectivity index (χ0n) is 14.6. The van der Waals surface area contributed by atoms with Gasteiger partial charge in [-0.05, 0) is 54.3 Å². The summed E-state index contributed by atoms with van der Waals surface area (Å²) in [5, 5.41) is 0. The summed E-state index contributed by atoms with van der Waals surface area (Å²) in [6.07, 6.45) is 0. The number of carbonyl (C=O) groups is 1. The highest BCUT2D eigenvalue weighted by Crippen LogP contribution is 2.29. The highest BCUT2D eigenvalue weighted by Gasteiger charge is 2.35. The van der Waals surface area contributed by atoms with Crippen molar-refractivity contribution in [3.05, 3.63) is 70.0 Å². The van der Waals surface area contributed by atoms with E-state index in [0.717, 1.165) is 16.7 Å². The fourth-order valence-corrected chi connectivity index (χ4v) is 3.72. The van der Waals surface area contributed by atoms with Gasteiger partial charge in [0.2, 0.25) is 0 Å². The molecule has 0 aliphatic carbocycles. The number of benzene rings is 2. The van der Waals surface area contributed by atoms with Crippen LogP contribution in [0.3, 0.4) is 0 Å². The molecule has 0 aromatic heterocycles. The lowest BCUT2D eigenvalue weighted by Crippen LogP contribution is -2.32. The summed E-state index contributed by atoms with van der Waals surface area (Å²) in [6, 6.07) is 10.1. The van der Waals surface area contributed by atoms with E-state index < -0.39 is 0 Å². The van der Waals surface area contributed by atoms with Gasteiger partial charge in [0.15, 0.2) is 0 Å². The molecule has 1 heterocycles. The van der Waals surface area contributed by atoms with Gasteiger partial charge in [-0.25, -0.2) is 4.39 Å². The molecule has 4 N–H and O–H groups in total. The Morgan fingerprint density at radius 3 is 2.44 bits per heavy atom. The minimum Gasteiger partial charge on any atom is -0.336 e. The number of carbonyl (C=O) groups excluding carboxylic acids is 1. The smallest absolute Gasteiger partial charge is 0.253 e. The van der Waals surface area contributed by atoms with Gasteiger partial charge < -0.3 is 16.4 Å². The molecule has 0 spiro atoms. The number of rotatable bonds is 3. The Balaban J connectivity index is 1.84. The van der Waals surface area contributed by atoms with Gasteiger partial charge >= 0.3 is 0 Å². The van der Waals surface area contributed by atoms with E-state index >= 15 is 0 Å². The van der Waals surface area contributed by atoms with Gasteiger partial charge in [-0.3, -0.25) is 4.79 Å². The highest BCUT2D eigenvalue weighted by atomic mass is 19.1. The Morgan fingerprint density at radius 2 is 1.84 bits per heavy atom. The molecular weight excluding hydrogens is 317 g/mol. The van der Waals surface area contributed by atoms with Crippen molar-refractivity contribution in [2.45, 2.75) is 32.4 Å². The molecule has 2 atom stereocenters. The van der Waals surface area contributed by atoms with Crippen molar-refractivity contribution in [3.8, 4) is 0 Å². The first-order chi connectivity index (χ1) is 11.9. The molecule has 1 fully saturated rings. The van der Waals surface area contributed by atoms with Gasteiger partial charge in [0.25, 0.3) is 5.91 Å². The summed E-state index contributed by atoms with van der Waals surface area (Å²) in [6.45, 7) is 5.23. The van der Waals surface area contributed by atoms with E-state index in [-0.39, 0.29) is 23.7 Å². The van der Waals surface area contributed by atoms with E-state index in [9.17, 15) is 9.18 Å². The van der Waals surface area contributed by atoms with Crippen LogP contribution in [0.15, 0.2) is 36.4 Å². The van der Waals surface area contributed by atoms with Crippen molar-refractivity contribution in [1.29, 1.82) is 0 Å². The summed E-state index contributed by atoms with van der Waals surface area (Å²) in [7, 11) is 0. The van der Waals surface area contributed by atoms with Crippen LogP contribution < -0.4 is 11.5 Å². The van der Waals surface area contributed by atoms with Crippen molar-refractivity contribution < 1.29 is 9.18 Å². The maximum Gasteiger partial charge on any atom is 0.253 e. The van der Waals surface area contributed by atoms with Crippen molar-refractivity contribution in [3.63, 3.8) is 0 Å². The molecule has 0 unspecified atom stereocenters. The molecule has 1 saturated heterocycles. The number of likely N-dealkylation sites (tertiary alicyclic amines) is 1. The molecule has 5 heteroatoms. The summed E-state index contributed by atoms with van der Waals surface area (Å²) in [5.41, 5.74) is 16.3. The number of hydrogen-bond acceptors (Lipinski definition) is 3. The van der Waals surface area contributed by atoms with Crippen molar-refractivity contribution in [1.82, 2.24) is 4.90 Å². The first-order valence-electron chi connectivity index (χ1n) is 8.51. The van der Waals surface area contributed by atoms with Crippen LogP contribution in [0.5, 0.6) is 0 Å². The van der Waals surface area contributed by atoms with Crippen LogP contribution in [-0.4, -0.2) is 29.9 Å². The van der Waals surface area contributed by atoms with Crippen molar-refractivity contribution >= 4 is 5.91 Å². The SMILES string of the molecule is Cc1cc(C(=O)N2C[C@@H](N)[C@H](c3ccccc3F)C2)cc(C)c1CN. The fourth-order valence-electron chi connectivity index (χ4n) is 3.72. The second kappa shape index (κ2) is 6.94. The number of aryl methyl sites for hydroxylation is 2. The van der Waals surface area contributed by atoms with Crippen LogP contribution in [0.2, 0.25) is 0 Å². The summed E-state index contributed by atoms with van der Waals surface area (Å²) >= 11 is 0. The first kappa shape index (κ1) is 17.6. The van der Waals surface area contributed by atoms with Gasteiger partial charge in [0, 0.05) is 37.2 Å². The molecule has 2 aromatic carbocycles. The topological polar surface area (TPSA) is 72.3 Å². The molecule has 0 radical (unpaired) electrons. The average Bonchev–Trinajstić information content (AvgIpc) is 2.96. The van der Waals surface area contributed by atoms with Crippen LogP contribution in [0.25, 0.3) is 0 Å². The van der Waals surface area contributed by atoms with E-state index in [1.165, 1.54) is 6.07 Å². The molecule has 132 valence electrons. The zero-order chi connectivity index (χ0) is 18.1. The lowest BCUT2D eigenvalue weighted by Gasteiger charge is -2.18. The summed E-state index contributed by atoms with van der Waals surface area (Å²) in [4.78, 5) is 14.6. The van der Waals surface area contributed by atoms with Crippen molar-refractivity contribution in [2.24, 2.45) is 11.5 Å². The number of nitrogens with zero attached hydrogens (tertiary/aromatic N) is 1. The Bertz CT molecular complexity index is 782. The number of hydrogen-bond donors (Lipinski definition) is 2. The normalized spacial score (nSPS) is 20.1. The first-order valence-corrected chi connectivity index (χ1v) is 8.51. The molecule has 0 bridgehead atoms. The van der Waals surface area contributed by atoms with Crippen LogP contribution in [0.1, 0.15) is 38.5 Å². The van der Waals surface area contributed by atoms with Gasteiger partial charge in [0.1, 0.15) is 5.82 Å². The van der Waals surface area contributed by atoms with Gasteiger partial charge in [-0.15, -0.1) is 0 Å². The van der Waals surface area contributed by atoms with Gasteiger partial charge in [-0.2, -0.15) is 0 Å². The van der Waals surface area contributed by atoms with E-state index in [0.29, 0.717) is 30.8 Å². The standard InChI is InChI=1S/C20H24FN3O/c1-12-7-14(8-13(2)16(12)9-22)20(25)24-10-17(19(23)11-24)15-5-3-4-6-18(15)21/h3-8,17,19H,9-11,22-23H2,1-2H3/t17-,19+/m0/s1. The molecule has 1 aliphatic rings. The third kappa shape index (κ3) is 3.30. The van der Waals surface area contributed by atoms with Gasteiger partial charge in [0.05, 0.1) is 0 Å². The molecule has 2 aromatic rings. The van der Waals surface area contributed by atoms with Crippen LogP contribution in [-0.2, 0) is 6.54 Å². The third-order valence-electron chi connectivity index (χ3n) is 5.10. The maximum absolute atomic E-state index is 14.1. The Morgan fingerprint density at radius 1 is 1.20 bits per heavy atom. The molecule has 4 nitrogen and oxygen atoms in total. The summed E-state index contributed by atoms with van der Waals surface area (Å²) in [5.74, 6) is -0.518. The van der Waals surface area contributed by atoms with Crippen molar-refractivity contribution in [2.75, 3.05) is 13.1 Å². The average molecular weight is 341 g/mol. The Hall–Kier alpha value is -2.24. The fraction of sp³-hybridized carbons (Fsp3) is 0.350. The Labute approximate surface area is 147 Å². The second-order valence-corrected chi connectivity index (χ2v) is 6.79. The number of amides is 1. The van der Waals surface area contributed by atoms with E-state index in [4.69, 9.17) is 11.5 Å². The lowest BCUT2D eigenvalue weighted by molar-refractivity contribution is 0.0789. The predicted octanol–water partition coefficient (Wildman–Crippen LogP) is 2.47. The minimum absolute atomic E-state index is 0.0657. The van der Waals surface area contributed by atoms with Crippen LogP contribution in [0, 0.1) is 19.7 Å². The minimum atomic E-state index is -0.272. The van der Waals surface area contributed by atoms with E-state index in [2.05, 4.69) is 0 Å². The summed E-state index contributed by atoms with van der Waals surface area (Å²) < 4.78 is 14.1. The molecule has 25 heavy (non-hydrogen) atoms. The molecule has 3 rings (SSSR count). The van der Waals surface area contributed by atoms with E-state index in [1.54, 1.807) is 23.1 Å². The second-order valence-electron chi connectivity index (χ2n) is 6.79. The molecule has 1 amide bonds. The Kier molecular flexibility index (Phi) is 4.88. The predicted molar refractivity (Wildman–Crippen MR) is 96.8 cm³/mol. The molecule has 1 aliphatic heterocycles. The van der Waals surface area contributed by atoms with Gasteiger partial charge in [-0.1, -0.05) is 18.2 Å². The largest absolute Gasteiger partial charge is 0.336 e. The number of halogens is 1. The van der Waals surface area contributed by atoms with Crippen LogP contribution >= 0.6 is 0 Å². The third-order valence-corrected chi connectivity index (χ3v) is 5.10. The highest BCUT2D eigenvalue weighted by molar-refractivity contribution is 5.95. The monoisotopic (exact) mass is 341 g/mol. The molecule has 0 saturated carbocycles.